The van der Waals surface area contributed by atoms with Gasteiger partial charge in [0.05, 0.1) is 0 Å². The van der Waals surface area contributed by atoms with Crippen LogP contribution in [-0.2, 0) is 18.5 Å². The minimum absolute atomic E-state index is 0. The Labute approximate surface area is 95.9 Å². The van der Waals surface area contributed by atoms with E-state index in [1.165, 1.54) is 0 Å². The molecule has 0 aliphatic carbocycles. The molecule has 0 heterocycles. The first kappa shape index (κ1) is 14.0. The van der Waals surface area contributed by atoms with Gasteiger partial charge in [0.25, 0.3) is 0 Å². The summed E-state index contributed by atoms with van der Waals surface area (Å²) < 4.78 is 52.1. The molecule has 0 fully saturated rings. The van der Waals surface area contributed by atoms with Crippen LogP contribution in [0, 0.1) is 0 Å². The van der Waals surface area contributed by atoms with E-state index in [0.717, 1.165) is 0 Å². The van der Waals surface area contributed by atoms with Gasteiger partial charge in [0.2, 0.25) is 0 Å². The van der Waals surface area contributed by atoms with Crippen molar-refractivity contribution >= 4 is 60.4 Å². The fourth-order valence-electron chi connectivity index (χ4n) is 0.0714. The van der Waals surface area contributed by atoms with Gasteiger partial charge in [-0.3, -0.25) is 0 Å². The first-order valence-electron chi connectivity index (χ1n) is 1.43. The fourth-order valence-corrected chi connectivity index (χ4v) is 0.214. The van der Waals surface area contributed by atoms with Crippen molar-refractivity contribution in [2.75, 3.05) is 0 Å². The predicted molar refractivity (Wildman–Crippen MR) is 21.7 cm³/mol. The van der Waals surface area contributed by atoms with Crippen LogP contribution < -0.4 is 0 Å². The topological polar surface area (TPSA) is 36.9 Å². The summed E-state index contributed by atoms with van der Waals surface area (Å²) in [5, 5.41) is 0. The summed E-state index contributed by atoms with van der Waals surface area (Å²) in [4.78, 5) is 0. The molecule has 0 unspecified atom stereocenters. The summed E-state index contributed by atoms with van der Waals surface area (Å²) >= 11 is 0. The Balaban J connectivity index is 0. The maximum absolute atomic E-state index is 10.8. The van der Waals surface area contributed by atoms with E-state index in [1.54, 1.807) is 0 Å². The molecule has 0 N–H and O–H groups in total. The molecule has 0 spiro atoms. The molecule has 0 aromatic heterocycles. The third-order valence-corrected chi connectivity index (χ3v) is 1.13. The molecule has 10 heavy (non-hydrogen) atoms. The van der Waals surface area contributed by atoms with Crippen molar-refractivity contribution in [1.82, 2.24) is 0 Å². The molecule has 0 radical (unpaired) electrons. The molecule has 0 aliphatic rings. The van der Waals surface area contributed by atoms with E-state index in [-0.39, 0.29) is 51.4 Å². The summed E-state index contributed by atoms with van der Waals surface area (Å²) in [5.74, 6) is 0. The molecular formula is HF4KO4Si. The first-order valence-corrected chi connectivity index (χ1v) is 3.07. The number of hydrogen-bond donors (Lipinski definition) is 0. The molecule has 0 aromatic carbocycles. The Hall–Kier alpha value is 1.41. The van der Waals surface area contributed by atoms with Gasteiger partial charge in [-0.25, -0.2) is 0 Å². The van der Waals surface area contributed by atoms with Crippen molar-refractivity contribution < 1.29 is 36.6 Å². The molecule has 0 bridgehead atoms. The van der Waals surface area contributed by atoms with Crippen molar-refractivity contribution in [3.8, 4) is 0 Å². The minimum atomic E-state index is -5.36. The SMILES string of the molecule is FO[Si](OF)(OF)OF.[KH]. The molecule has 0 saturated carbocycles. The zero-order valence-electron chi connectivity index (χ0n) is 3.64. The summed E-state index contributed by atoms with van der Waals surface area (Å²) in [6.45, 7) is 0. The van der Waals surface area contributed by atoms with Gasteiger partial charge >= 0.3 is 60.4 Å². The van der Waals surface area contributed by atoms with Crippen molar-refractivity contribution in [2.24, 2.45) is 0 Å². The Morgan fingerprint density at radius 3 is 0.900 bits per heavy atom. The zero-order chi connectivity index (χ0) is 7.33. The standard InChI is InChI=1S/F4O4Si.K.H/c1-5-9(6-2,7-3)8-4;;. The van der Waals surface area contributed by atoms with Gasteiger partial charge in [0.15, 0.2) is 0 Å². The van der Waals surface area contributed by atoms with E-state index in [0.29, 0.717) is 0 Å². The van der Waals surface area contributed by atoms with Crippen LogP contribution in [0.4, 0.5) is 18.1 Å². The molecule has 10 heteroatoms. The summed E-state index contributed by atoms with van der Waals surface area (Å²) in [6.07, 6.45) is 0. The zero-order valence-corrected chi connectivity index (χ0v) is 4.64. The Morgan fingerprint density at radius 2 is 0.900 bits per heavy atom. The quantitative estimate of drug-likeness (QED) is 0.494. The van der Waals surface area contributed by atoms with Crippen LogP contribution in [0.5, 0.6) is 0 Å². The molecule has 0 aromatic rings. The van der Waals surface area contributed by atoms with Crippen LogP contribution in [0.25, 0.3) is 0 Å². The van der Waals surface area contributed by atoms with Crippen molar-refractivity contribution in [1.29, 1.82) is 0 Å². The summed E-state index contributed by atoms with van der Waals surface area (Å²) in [7, 11) is -5.36. The van der Waals surface area contributed by atoms with E-state index < -0.39 is 9.05 Å². The van der Waals surface area contributed by atoms with Gasteiger partial charge in [-0.05, 0) is 0 Å². The van der Waals surface area contributed by atoms with Crippen LogP contribution in [-0.4, -0.2) is 60.4 Å². The molecular weight excluding hydrogens is 207 g/mol. The first-order chi connectivity index (χ1) is 4.24. The van der Waals surface area contributed by atoms with Gasteiger partial charge in [-0.15, -0.1) is 18.5 Å². The van der Waals surface area contributed by atoms with E-state index >= 15 is 0 Å². The van der Waals surface area contributed by atoms with Crippen molar-refractivity contribution in [3.05, 3.63) is 0 Å². The third-order valence-electron chi connectivity index (χ3n) is 0.378. The molecule has 0 atom stereocenters. The average molecular weight is 208 g/mol. The maximum atomic E-state index is 10.8. The van der Waals surface area contributed by atoms with E-state index in [1.807, 2.05) is 0 Å². The fraction of sp³-hybridized carbons (Fsp3) is 0. The second kappa shape index (κ2) is 7.08. The number of rotatable bonds is 4. The predicted octanol–water partition coefficient (Wildman–Crippen LogP) is 0.378. The summed E-state index contributed by atoms with van der Waals surface area (Å²) in [6, 6.07) is 0. The van der Waals surface area contributed by atoms with Crippen LogP contribution in [0.1, 0.15) is 0 Å². The van der Waals surface area contributed by atoms with E-state index in [4.69, 9.17) is 0 Å². The van der Waals surface area contributed by atoms with Gasteiger partial charge in [-0.1, -0.05) is 18.1 Å². The molecule has 0 rings (SSSR count). The van der Waals surface area contributed by atoms with Crippen molar-refractivity contribution in [2.45, 2.75) is 0 Å². The van der Waals surface area contributed by atoms with Crippen LogP contribution in [0.3, 0.4) is 0 Å². The monoisotopic (exact) mass is 208 g/mol. The van der Waals surface area contributed by atoms with Crippen LogP contribution in [0.15, 0.2) is 0 Å². The second-order valence-corrected chi connectivity index (χ2v) is 2.43. The van der Waals surface area contributed by atoms with Gasteiger partial charge in [0, 0.05) is 0 Å². The molecule has 0 aliphatic heterocycles. The van der Waals surface area contributed by atoms with E-state index in [9.17, 15) is 18.1 Å². The normalized spacial score (nSPS) is 10.8. The molecule has 4 nitrogen and oxygen atoms in total. The van der Waals surface area contributed by atoms with Gasteiger partial charge in [-0.2, -0.15) is 0 Å². The van der Waals surface area contributed by atoms with Crippen LogP contribution in [0.2, 0.25) is 0 Å². The number of hydrogen-bond acceptors (Lipinski definition) is 4. The summed E-state index contributed by atoms with van der Waals surface area (Å²) in [5.41, 5.74) is 0. The molecule has 0 amide bonds. The molecule has 0 saturated heterocycles. The number of halogens is 4. The van der Waals surface area contributed by atoms with E-state index in [2.05, 4.69) is 18.5 Å². The Kier molecular flexibility index (Phi) is 9.89. The Bertz CT molecular complexity index is 60.1. The average Bonchev–Trinajstić information content (AvgIpc) is 1.95. The van der Waals surface area contributed by atoms with Crippen molar-refractivity contribution in [3.63, 3.8) is 0 Å². The van der Waals surface area contributed by atoms with Crippen LogP contribution >= 0.6 is 0 Å². The molecule has 58 valence electrons. The third kappa shape index (κ3) is 3.70. The van der Waals surface area contributed by atoms with Gasteiger partial charge in [0.1, 0.15) is 0 Å². The second-order valence-electron chi connectivity index (χ2n) is 0.809. The Morgan fingerprint density at radius 1 is 0.700 bits per heavy atom. The van der Waals surface area contributed by atoms with Gasteiger partial charge < -0.3 is 0 Å².